The number of hydrogen-bond acceptors (Lipinski definition) is 4. The van der Waals surface area contributed by atoms with Gasteiger partial charge in [0.1, 0.15) is 5.75 Å². The number of phenolic OH excluding ortho intramolecular Hbond substituents is 1. The summed E-state index contributed by atoms with van der Waals surface area (Å²) < 4.78 is 33.0. The molecular formula is C12H18N2O4S. The third kappa shape index (κ3) is 2.99. The number of anilines is 1. The Labute approximate surface area is 113 Å². The maximum absolute atomic E-state index is 12.5. The van der Waals surface area contributed by atoms with E-state index >= 15 is 0 Å². The minimum Gasteiger partial charge on any atom is -0.508 e. The van der Waals surface area contributed by atoms with Gasteiger partial charge in [0, 0.05) is 25.7 Å². The normalized spacial score (nSPS) is 17.3. The van der Waals surface area contributed by atoms with Crippen molar-refractivity contribution in [1.29, 1.82) is 0 Å². The van der Waals surface area contributed by atoms with Gasteiger partial charge < -0.3 is 9.84 Å². The van der Waals surface area contributed by atoms with Crippen molar-refractivity contribution >= 4 is 15.9 Å². The molecule has 0 aromatic heterocycles. The summed E-state index contributed by atoms with van der Waals surface area (Å²) in [6.07, 6.45) is 0. The molecule has 1 fully saturated rings. The zero-order valence-electron chi connectivity index (χ0n) is 10.8. The van der Waals surface area contributed by atoms with Gasteiger partial charge in [0.05, 0.1) is 18.9 Å². The molecule has 0 radical (unpaired) electrons. The lowest BCUT2D eigenvalue weighted by molar-refractivity contribution is 0.0729. The molecule has 0 bridgehead atoms. The summed E-state index contributed by atoms with van der Waals surface area (Å²) in [4.78, 5) is 0. The summed E-state index contributed by atoms with van der Waals surface area (Å²) in [6, 6.07) is 6.25. The van der Waals surface area contributed by atoms with Crippen LogP contribution in [0.15, 0.2) is 24.3 Å². The highest BCUT2D eigenvalue weighted by Crippen LogP contribution is 2.24. The standard InChI is InChI=1S/C12H18N2O4S/c1-2-14(11-4-3-5-12(15)10-11)19(16,17)13-6-8-18-9-7-13/h3-5,10,15H,2,6-9H2,1H3. The van der Waals surface area contributed by atoms with Gasteiger partial charge in [0.25, 0.3) is 0 Å². The molecule has 0 spiro atoms. The van der Waals surface area contributed by atoms with Crippen molar-refractivity contribution in [3.63, 3.8) is 0 Å². The maximum atomic E-state index is 12.5. The molecule has 0 unspecified atom stereocenters. The fourth-order valence-electron chi connectivity index (χ4n) is 2.04. The van der Waals surface area contributed by atoms with Crippen LogP contribution in [-0.2, 0) is 14.9 Å². The van der Waals surface area contributed by atoms with Gasteiger partial charge in [0.2, 0.25) is 0 Å². The number of morpholine rings is 1. The molecule has 19 heavy (non-hydrogen) atoms. The van der Waals surface area contributed by atoms with Gasteiger partial charge in [-0.05, 0) is 19.1 Å². The van der Waals surface area contributed by atoms with Crippen molar-refractivity contribution in [2.24, 2.45) is 0 Å². The van der Waals surface area contributed by atoms with E-state index < -0.39 is 10.2 Å². The molecule has 106 valence electrons. The molecule has 1 saturated heterocycles. The third-order valence-electron chi connectivity index (χ3n) is 2.98. The first-order valence-electron chi connectivity index (χ1n) is 6.20. The molecule has 0 atom stereocenters. The van der Waals surface area contributed by atoms with Crippen molar-refractivity contribution in [1.82, 2.24) is 4.31 Å². The van der Waals surface area contributed by atoms with Crippen molar-refractivity contribution in [2.75, 3.05) is 37.2 Å². The Kier molecular flexibility index (Phi) is 4.28. The van der Waals surface area contributed by atoms with Crippen molar-refractivity contribution in [3.8, 4) is 5.75 Å². The van der Waals surface area contributed by atoms with Crippen LogP contribution in [0.25, 0.3) is 0 Å². The highest BCUT2D eigenvalue weighted by atomic mass is 32.2. The van der Waals surface area contributed by atoms with Gasteiger partial charge >= 0.3 is 10.2 Å². The number of rotatable bonds is 4. The molecule has 7 heteroatoms. The molecule has 6 nitrogen and oxygen atoms in total. The van der Waals surface area contributed by atoms with Crippen LogP contribution in [0.3, 0.4) is 0 Å². The van der Waals surface area contributed by atoms with E-state index in [0.717, 1.165) is 0 Å². The molecule has 1 heterocycles. The second-order valence-corrected chi connectivity index (χ2v) is 6.06. The Bertz CT molecular complexity index is 526. The topological polar surface area (TPSA) is 70.1 Å². The van der Waals surface area contributed by atoms with Crippen LogP contribution in [0.4, 0.5) is 5.69 Å². The van der Waals surface area contributed by atoms with E-state index in [4.69, 9.17) is 4.74 Å². The van der Waals surface area contributed by atoms with Crippen LogP contribution >= 0.6 is 0 Å². The van der Waals surface area contributed by atoms with Crippen LogP contribution in [0, 0.1) is 0 Å². The van der Waals surface area contributed by atoms with Crippen LogP contribution in [0.5, 0.6) is 5.75 Å². The van der Waals surface area contributed by atoms with E-state index in [-0.39, 0.29) is 5.75 Å². The molecule has 1 N–H and O–H groups in total. The van der Waals surface area contributed by atoms with Crippen molar-refractivity contribution < 1.29 is 18.3 Å². The average Bonchev–Trinajstić information content (AvgIpc) is 2.40. The Morgan fingerprint density at radius 3 is 2.63 bits per heavy atom. The SMILES string of the molecule is CCN(c1cccc(O)c1)S(=O)(=O)N1CCOCC1. The molecule has 1 aliphatic heterocycles. The Morgan fingerprint density at radius 1 is 1.37 bits per heavy atom. The number of nitrogens with zero attached hydrogens (tertiary/aromatic N) is 2. The van der Waals surface area contributed by atoms with E-state index in [1.165, 1.54) is 20.7 Å². The largest absolute Gasteiger partial charge is 0.508 e. The number of benzene rings is 1. The maximum Gasteiger partial charge on any atom is 0.304 e. The Hall–Kier alpha value is -1.31. The molecule has 2 rings (SSSR count). The minimum absolute atomic E-state index is 0.0492. The van der Waals surface area contributed by atoms with E-state index in [2.05, 4.69) is 0 Å². The summed E-state index contributed by atoms with van der Waals surface area (Å²) in [5.74, 6) is 0.0492. The number of aromatic hydroxyl groups is 1. The summed E-state index contributed by atoms with van der Waals surface area (Å²) in [7, 11) is -3.57. The second kappa shape index (κ2) is 5.77. The fraction of sp³-hybridized carbons (Fsp3) is 0.500. The molecule has 1 aromatic rings. The Morgan fingerprint density at radius 2 is 2.05 bits per heavy atom. The number of hydrogen-bond donors (Lipinski definition) is 1. The van der Waals surface area contributed by atoms with Gasteiger partial charge in [-0.15, -0.1) is 0 Å². The zero-order valence-corrected chi connectivity index (χ0v) is 11.6. The summed E-state index contributed by atoms with van der Waals surface area (Å²) in [5.41, 5.74) is 0.467. The van der Waals surface area contributed by atoms with Crippen molar-refractivity contribution in [3.05, 3.63) is 24.3 Å². The predicted octanol–water partition coefficient (Wildman–Crippen LogP) is 0.795. The van der Waals surface area contributed by atoms with E-state index in [1.54, 1.807) is 19.1 Å². The van der Waals surface area contributed by atoms with Gasteiger partial charge in [-0.25, -0.2) is 0 Å². The summed E-state index contributed by atoms with van der Waals surface area (Å²) in [5, 5.41) is 9.48. The number of ether oxygens (including phenoxy) is 1. The lowest BCUT2D eigenvalue weighted by atomic mass is 10.3. The van der Waals surface area contributed by atoms with Crippen LogP contribution in [0.1, 0.15) is 6.92 Å². The predicted molar refractivity (Wildman–Crippen MR) is 72.4 cm³/mol. The highest BCUT2D eigenvalue weighted by molar-refractivity contribution is 7.90. The molecule has 0 amide bonds. The van der Waals surface area contributed by atoms with Crippen LogP contribution < -0.4 is 4.31 Å². The average molecular weight is 286 g/mol. The van der Waals surface area contributed by atoms with Gasteiger partial charge in [0.15, 0.2) is 0 Å². The lowest BCUT2D eigenvalue weighted by Crippen LogP contribution is -2.48. The smallest absolute Gasteiger partial charge is 0.304 e. The van der Waals surface area contributed by atoms with E-state index in [0.29, 0.717) is 38.5 Å². The Balaban J connectivity index is 2.30. The minimum atomic E-state index is -3.57. The first-order chi connectivity index (χ1) is 9.05. The fourth-order valence-corrected chi connectivity index (χ4v) is 3.64. The van der Waals surface area contributed by atoms with Crippen molar-refractivity contribution in [2.45, 2.75) is 6.92 Å². The third-order valence-corrected chi connectivity index (χ3v) is 5.02. The molecule has 1 aliphatic rings. The van der Waals surface area contributed by atoms with Crippen LogP contribution in [-0.4, -0.2) is 50.7 Å². The lowest BCUT2D eigenvalue weighted by Gasteiger charge is -2.32. The highest BCUT2D eigenvalue weighted by Gasteiger charge is 2.30. The van der Waals surface area contributed by atoms with Crippen LogP contribution in [0.2, 0.25) is 0 Å². The second-order valence-electron chi connectivity index (χ2n) is 4.20. The monoisotopic (exact) mass is 286 g/mol. The summed E-state index contributed by atoms with van der Waals surface area (Å²) in [6.45, 7) is 3.62. The van der Waals surface area contributed by atoms with E-state index in [9.17, 15) is 13.5 Å². The van der Waals surface area contributed by atoms with Gasteiger partial charge in [-0.3, -0.25) is 4.31 Å². The van der Waals surface area contributed by atoms with Gasteiger partial charge in [-0.1, -0.05) is 6.07 Å². The molecule has 1 aromatic carbocycles. The first-order valence-corrected chi connectivity index (χ1v) is 7.60. The molecule has 0 aliphatic carbocycles. The molecular weight excluding hydrogens is 268 g/mol. The number of phenols is 1. The zero-order chi connectivity index (χ0) is 13.9. The summed E-state index contributed by atoms with van der Waals surface area (Å²) >= 11 is 0. The van der Waals surface area contributed by atoms with E-state index in [1.807, 2.05) is 0 Å². The van der Waals surface area contributed by atoms with Gasteiger partial charge in [-0.2, -0.15) is 12.7 Å². The quantitative estimate of drug-likeness (QED) is 0.888. The first kappa shape index (κ1) is 14.1. The molecule has 0 saturated carbocycles.